The molecule has 5 nitrogen and oxygen atoms in total. The number of hydrogen-bond donors (Lipinski definition) is 0. The third-order valence-corrected chi connectivity index (χ3v) is 3.68. The molecule has 1 aromatic carbocycles. The van der Waals surface area contributed by atoms with Crippen LogP contribution in [0, 0.1) is 0 Å². The molecule has 0 aromatic heterocycles. The maximum absolute atomic E-state index is 12.5. The van der Waals surface area contributed by atoms with Crippen LogP contribution < -0.4 is 9.47 Å². The minimum absolute atomic E-state index is 0.0240. The van der Waals surface area contributed by atoms with E-state index in [1.54, 1.807) is 26.4 Å². The van der Waals surface area contributed by atoms with Gasteiger partial charge in [-0.1, -0.05) is 27.7 Å². The summed E-state index contributed by atoms with van der Waals surface area (Å²) in [5, 5.41) is 0. The molecule has 1 aromatic rings. The summed E-state index contributed by atoms with van der Waals surface area (Å²) < 4.78 is 10.5. The molecule has 0 spiro atoms. The van der Waals surface area contributed by atoms with Crippen molar-refractivity contribution in [1.29, 1.82) is 0 Å². The van der Waals surface area contributed by atoms with Gasteiger partial charge in [0.15, 0.2) is 11.5 Å². The van der Waals surface area contributed by atoms with E-state index in [1.807, 2.05) is 38.8 Å². The normalized spacial score (nSPS) is 17.7. The lowest BCUT2D eigenvalue weighted by atomic mass is 10.1. The first-order valence-electron chi connectivity index (χ1n) is 8.35. The van der Waals surface area contributed by atoms with Gasteiger partial charge in [-0.2, -0.15) is 0 Å². The van der Waals surface area contributed by atoms with E-state index >= 15 is 0 Å². The molecule has 0 aliphatic carbocycles. The van der Waals surface area contributed by atoms with Crippen LogP contribution in [0.3, 0.4) is 0 Å². The molecule has 1 fully saturated rings. The summed E-state index contributed by atoms with van der Waals surface area (Å²) in [6.07, 6.45) is 3.88. The predicted molar refractivity (Wildman–Crippen MR) is 94.5 cm³/mol. The van der Waals surface area contributed by atoms with Crippen molar-refractivity contribution in [2.24, 2.45) is 4.99 Å². The third kappa shape index (κ3) is 3.84. The molecule has 2 aliphatic rings. The first kappa shape index (κ1) is 19.0. The summed E-state index contributed by atoms with van der Waals surface area (Å²) >= 11 is 0. The third-order valence-electron chi connectivity index (χ3n) is 3.68. The average molecular weight is 320 g/mol. The number of fused-ring (bicyclic) bond motifs is 2. The van der Waals surface area contributed by atoms with Crippen molar-refractivity contribution in [3.63, 3.8) is 0 Å². The summed E-state index contributed by atoms with van der Waals surface area (Å²) in [6, 6.07) is 3.59. The zero-order valence-electron chi connectivity index (χ0n) is 15.0. The van der Waals surface area contributed by atoms with Crippen molar-refractivity contribution >= 4 is 17.8 Å². The zero-order chi connectivity index (χ0) is 17.4. The number of ether oxygens (including phenoxy) is 2. The number of amides is 1. The van der Waals surface area contributed by atoms with Gasteiger partial charge in [-0.15, -0.1) is 0 Å². The van der Waals surface area contributed by atoms with Crippen LogP contribution in [0.1, 0.15) is 50.9 Å². The van der Waals surface area contributed by atoms with E-state index in [1.165, 1.54) is 0 Å². The molecule has 2 aliphatic heterocycles. The van der Waals surface area contributed by atoms with Crippen molar-refractivity contribution in [2.45, 2.75) is 46.6 Å². The van der Waals surface area contributed by atoms with Crippen LogP contribution in [0.25, 0.3) is 0 Å². The molecule has 0 radical (unpaired) electrons. The van der Waals surface area contributed by atoms with Gasteiger partial charge in [0, 0.05) is 18.8 Å². The van der Waals surface area contributed by atoms with Gasteiger partial charge >= 0.3 is 0 Å². The van der Waals surface area contributed by atoms with E-state index in [4.69, 9.17) is 9.47 Å². The van der Waals surface area contributed by atoms with Crippen molar-refractivity contribution in [2.75, 3.05) is 20.8 Å². The highest BCUT2D eigenvalue weighted by Crippen LogP contribution is 2.37. The Labute approximate surface area is 139 Å². The molecule has 1 atom stereocenters. The van der Waals surface area contributed by atoms with Crippen molar-refractivity contribution in [3.8, 4) is 11.5 Å². The number of methoxy groups -OCH3 is 2. The minimum atomic E-state index is 0.0240. The molecule has 1 unspecified atom stereocenters. The van der Waals surface area contributed by atoms with Crippen LogP contribution >= 0.6 is 0 Å². The first-order chi connectivity index (χ1) is 11.2. The molecule has 23 heavy (non-hydrogen) atoms. The molecule has 0 saturated carbocycles. The number of rotatable bonds is 2. The SMILES string of the molecule is CC.CC.COc1cc2c(cc1OC)C(=O)N1CCCC1C=N2. The van der Waals surface area contributed by atoms with Gasteiger partial charge in [-0.25, -0.2) is 0 Å². The van der Waals surface area contributed by atoms with Gasteiger partial charge in [0.25, 0.3) is 5.91 Å². The van der Waals surface area contributed by atoms with Crippen molar-refractivity contribution < 1.29 is 14.3 Å². The Balaban J connectivity index is 0.000000615. The number of hydrogen-bond acceptors (Lipinski definition) is 4. The first-order valence-corrected chi connectivity index (χ1v) is 8.35. The Morgan fingerprint density at radius 2 is 1.70 bits per heavy atom. The van der Waals surface area contributed by atoms with E-state index in [9.17, 15) is 4.79 Å². The van der Waals surface area contributed by atoms with Gasteiger partial charge in [-0.05, 0) is 18.9 Å². The van der Waals surface area contributed by atoms with Gasteiger partial charge in [0.1, 0.15) is 0 Å². The second-order valence-corrected chi connectivity index (χ2v) is 4.71. The van der Waals surface area contributed by atoms with Crippen molar-refractivity contribution in [1.82, 2.24) is 4.90 Å². The van der Waals surface area contributed by atoms with Crippen LogP contribution in [0.2, 0.25) is 0 Å². The fourth-order valence-electron chi connectivity index (χ4n) is 2.67. The summed E-state index contributed by atoms with van der Waals surface area (Å²) in [5.74, 6) is 1.17. The van der Waals surface area contributed by atoms with E-state index in [0.717, 1.165) is 19.4 Å². The van der Waals surface area contributed by atoms with E-state index in [2.05, 4.69) is 4.99 Å². The van der Waals surface area contributed by atoms with Gasteiger partial charge < -0.3 is 14.4 Å². The quantitative estimate of drug-likeness (QED) is 0.825. The molecular formula is C18H28N2O3. The predicted octanol–water partition coefficient (Wildman–Crippen LogP) is 4.08. The molecule has 3 rings (SSSR count). The molecule has 5 heteroatoms. The molecule has 0 bridgehead atoms. The monoisotopic (exact) mass is 320 g/mol. The lowest BCUT2D eigenvalue weighted by molar-refractivity contribution is 0.0774. The van der Waals surface area contributed by atoms with E-state index in [-0.39, 0.29) is 11.9 Å². The molecule has 1 saturated heterocycles. The number of nitrogens with zero attached hydrogens (tertiary/aromatic N) is 2. The summed E-state index contributed by atoms with van der Waals surface area (Å²) in [6.45, 7) is 8.79. The molecule has 2 heterocycles. The number of carbonyl (C=O) groups excluding carboxylic acids is 1. The Morgan fingerprint density at radius 3 is 2.30 bits per heavy atom. The number of aliphatic imine (C=N–C) groups is 1. The second kappa shape index (κ2) is 9.18. The molecule has 0 N–H and O–H groups in total. The van der Waals surface area contributed by atoms with Crippen LogP contribution in [-0.2, 0) is 0 Å². The van der Waals surface area contributed by atoms with Crippen LogP contribution in [0.5, 0.6) is 11.5 Å². The summed E-state index contributed by atoms with van der Waals surface area (Å²) in [7, 11) is 3.14. The largest absolute Gasteiger partial charge is 0.493 e. The maximum Gasteiger partial charge on any atom is 0.256 e. The standard InChI is InChI=1S/C14H16N2O3.2C2H6/c1-18-12-6-10-11(7-13(12)19-2)15-8-9-4-3-5-16(9)14(10)17;2*1-2/h6-9H,3-5H2,1-2H3;2*1-2H3. The highest BCUT2D eigenvalue weighted by atomic mass is 16.5. The maximum atomic E-state index is 12.5. The topological polar surface area (TPSA) is 51.1 Å². The van der Waals surface area contributed by atoms with Gasteiger partial charge in [-0.3, -0.25) is 9.79 Å². The Bertz CT molecular complexity index is 555. The van der Waals surface area contributed by atoms with Gasteiger partial charge in [0.05, 0.1) is 31.5 Å². The average Bonchev–Trinajstić information content (AvgIpc) is 3.06. The smallest absolute Gasteiger partial charge is 0.256 e. The Hall–Kier alpha value is -2.04. The molecule has 128 valence electrons. The van der Waals surface area contributed by atoms with Gasteiger partial charge in [0.2, 0.25) is 0 Å². The van der Waals surface area contributed by atoms with Crippen LogP contribution in [-0.4, -0.2) is 43.8 Å². The lowest BCUT2D eigenvalue weighted by Crippen LogP contribution is -2.35. The zero-order valence-corrected chi connectivity index (χ0v) is 15.0. The highest BCUT2D eigenvalue weighted by Gasteiger charge is 2.32. The fourth-order valence-corrected chi connectivity index (χ4v) is 2.67. The molecular weight excluding hydrogens is 292 g/mol. The number of carbonyl (C=O) groups is 1. The Morgan fingerprint density at radius 1 is 1.09 bits per heavy atom. The van der Waals surface area contributed by atoms with Crippen LogP contribution in [0.15, 0.2) is 17.1 Å². The Kier molecular flexibility index (Phi) is 7.59. The number of benzene rings is 1. The van der Waals surface area contributed by atoms with Crippen molar-refractivity contribution in [3.05, 3.63) is 17.7 Å². The highest BCUT2D eigenvalue weighted by molar-refractivity contribution is 6.03. The molecule has 1 amide bonds. The second-order valence-electron chi connectivity index (χ2n) is 4.71. The summed E-state index contributed by atoms with van der Waals surface area (Å²) in [5.41, 5.74) is 1.23. The fraction of sp³-hybridized carbons (Fsp3) is 0.556. The van der Waals surface area contributed by atoms with E-state index < -0.39 is 0 Å². The lowest BCUT2D eigenvalue weighted by Gasteiger charge is -2.20. The minimum Gasteiger partial charge on any atom is -0.493 e. The van der Waals surface area contributed by atoms with Crippen LogP contribution in [0.4, 0.5) is 5.69 Å². The summed E-state index contributed by atoms with van der Waals surface area (Å²) in [4.78, 5) is 18.9. The van der Waals surface area contributed by atoms with E-state index in [0.29, 0.717) is 22.7 Å².